The van der Waals surface area contributed by atoms with E-state index in [9.17, 15) is 8.42 Å². The molecule has 2 aliphatic heterocycles. The number of nitrogens with zero attached hydrogens (tertiary/aromatic N) is 5. The molecule has 2 fully saturated rings. The zero-order valence-electron chi connectivity index (χ0n) is 15.2. The molecule has 2 aliphatic rings. The van der Waals surface area contributed by atoms with Crippen molar-refractivity contribution in [3.05, 3.63) is 36.3 Å². The maximum absolute atomic E-state index is 12.9. The summed E-state index contributed by atoms with van der Waals surface area (Å²) in [6, 6.07) is 5.68. The first-order chi connectivity index (χ1) is 13.0. The Labute approximate surface area is 158 Å². The first kappa shape index (κ1) is 18.5. The highest BCUT2D eigenvalue weighted by Gasteiger charge is 2.35. The minimum Gasteiger partial charge on any atom is -0.379 e. The van der Waals surface area contributed by atoms with Crippen molar-refractivity contribution in [1.82, 2.24) is 23.4 Å². The molecule has 0 aliphatic carbocycles. The monoisotopic (exact) mass is 393 g/mol. The van der Waals surface area contributed by atoms with Crippen LogP contribution in [-0.4, -0.2) is 77.8 Å². The van der Waals surface area contributed by atoms with E-state index in [1.165, 1.54) is 8.61 Å². The number of hydrogen-bond acceptors (Lipinski definition) is 6. The van der Waals surface area contributed by atoms with Gasteiger partial charge in [0.05, 0.1) is 37.4 Å². The number of hydrogen-bond donors (Lipinski definition) is 0. The lowest BCUT2D eigenvalue weighted by molar-refractivity contribution is -0.00838. The van der Waals surface area contributed by atoms with E-state index in [0.717, 1.165) is 17.0 Å². The third-order valence-electron chi connectivity index (χ3n) is 4.75. The van der Waals surface area contributed by atoms with Gasteiger partial charge in [-0.15, -0.1) is 0 Å². The highest BCUT2D eigenvalue weighted by atomic mass is 32.2. The summed E-state index contributed by atoms with van der Waals surface area (Å²) >= 11 is 0. The number of pyridine rings is 1. The zero-order chi connectivity index (χ0) is 18.9. The molecule has 4 heterocycles. The van der Waals surface area contributed by atoms with Gasteiger partial charge in [-0.2, -0.15) is 22.1 Å². The van der Waals surface area contributed by atoms with Crippen LogP contribution in [0.1, 0.15) is 11.8 Å². The van der Waals surface area contributed by atoms with Gasteiger partial charge in [-0.3, -0.25) is 4.68 Å². The molecule has 2 aromatic heterocycles. The number of aryl methyl sites for hydroxylation is 1. The van der Waals surface area contributed by atoms with Crippen molar-refractivity contribution in [2.75, 3.05) is 46.0 Å². The Morgan fingerprint density at radius 1 is 1.11 bits per heavy atom. The van der Waals surface area contributed by atoms with Gasteiger partial charge in [0.15, 0.2) is 0 Å². The van der Waals surface area contributed by atoms with Crippen molar-refractivity contribution in [3.63, 3.8) is 0 Å². The lowest BCUT2D eigenvalue weighted by atomic mass is 10.1. The van der Waals surface area contributed by atoms with Crippen LogP contribution in [0.5, 0.6) is 0 Å². The van der Waals surface area contributed by atoms with Gasteiger partial charge in [0.2, 0.25) is 0 Å². The van der Waals surface area contributed by atoms with E-state index in [2.05, 4.69) is 10.1 Å². The lowest BCUT2D eigenvalue weighted by Gasteiger charge is -2.36. The van der Waals surface area contributed by atoms with Gasteiger partial charge < -0.3 is 9.47 Å². The summed E-state index contributed by atoms with van der Waals surface area (Å²) in [7, 11) is -1.67. The molecule has 27 heavy (non-hydrogen) atoms. The summed E-state index contributed by atoms with van der Waals surface area (Å²) in [6.45, 7) is 2.58. The second kappa shape index (κ2) is 7.64. The molecule has 0 spiro atoms. The normalized spacial score (nSPS) is 22.8. The maximum atomic E-state index is 12.9. The lowest BCUT2D eigenvalue weighted by Crippen LogP contribution is -2.52. The van der Waals surface area contributed by atoms with Crippen LogP contribution in [-0.2, 0) is 26.7 Å². The van der Waals surface area contributed by atoms with E-state index in [-0.39, 0.29) is 6.54 Å². The molecule has 146 valence electrons. The van der Waals surface area contributed by atoms with Gasteiger partial charge in [-0.1, -0.05) is 6.07 Å². The Morgan fingerprint density at radius 3 is 2.63 bits per heavy atom. The van der Waals surface area contributed by atoms with Crippen molar-refractivity contribution in [3.8, 4) is 11.3 Å². The molecular formula is C17H23N5O4S. The van der Waals surface area contributed by atoms with Gasteiger partial charge in [0, 0.05) is 45.0 Å². The van der Waals surface area contributed by atoms with E-state index in [1.807, 2.05) is 31.4 Å². The molecule has 2 aromatic rings. The van der Waals surface area contributed by atoms with Crippen LogP contribution in [0.3, 0.4) is 0 Å². The van der Waals surface area contributed by atoms with Crippen molar-refractivity contribution in [2.45, 2.75) is 6.10 Å². The number of ether oxygens (including phenoxy) is 2. The standard InChI is InChI=1S/C17H23N5O4S/c1-20-12-14(11-18-20)15-3-2-4-16(19-15)17-13-22(7-10-26-17)27(23,24)21-5-8-25-9-6-21/h2-4,11-12,17H,5-10,13H2,1H3/t17-/m1/s1. The van der Waals surface area contributed by atoms with Gasteiger partial charge in [-0.25, -0.2) is 4.98 Å². The van der Waals surface area contributed by atoms with Crippen LogP contribution < -0.4 is 0 Å². The molecule has 0 unspecified atom stereocenters. The molecule has 0 saturated carbocycles. The number of rotatable bonds is 4. The molecule has 4 rings (SSSR count). The van der Waals surface area contributed by atoms with E-state index in [0.29, 0.717) is 39.5 Å². The summed E-state index contributed by atoms with van der Waals surface area (Å²) in [5.41, 5.74) is 2.42. The van der Waals surface area contributed by atoms with Crippen LogP contribution in [0, 0.1) is 0 Å². The van der Waals surface area contributed by atoms with Gasteiger partial charge in [0.1, 0.15) is 6.10 Å². The molecule has 0 bridgehead atoms. The third kappa shape index (κ3) is 3.90. The van der Waals surface area contributed by atoms with Crippen LogP contribution in [0.15, 0.2) is 30.6 Å². The fraction of sp³-hybridized carbons (Fsp3) is 0.529. The topological polar surface area (TPSA) is 89.8 Å². The quantitative estimate of drug-likeness (QED) is 0.749. The van der Waals surface area contributed by atoms with E-state index < -0.39 is 16.3 Å². The summed E-state index contributed by atoms with van der Waals surface area (Å²) < 4.78 is 41.6. The number of aromatic nitrogens is 3. The minimum absolute atomic E-state index is 0.253. The van der Waals surface area contributed by atoms with Gasteiger partial charge in [-0.05, 0) is 12.1 Å². The molecule has 1 atom stereocenters. The molecule has 9 nitrogen and oxygen atoms in total. The zero-order valence-corrected chi connectivity index (χ0v) is 16.0. The Morgan fingerprint density at radius 2 is 1.89 bits per heavy atom. The predicted molar refractivity (Wildman–Crippen MR) is 98.0 cm³/mol. The first-order valence-corrected chi connectivity index (χ1v) is 10.3. The SMILES string of the molecule is Cn1cc(-c2cccc([C@H]3CN(S(=O)(=O)N4CCOCC4)CCO3)n2)cn1. The Kier molecular flexibility index (Phi) is 5.24. The molecule has 0 amide bonds. The average molecular weight is 393 g/mol. The predicted octanol–water partition coefficient (Wildman–Crippen LogP) is 0.432. The van der Waals surface area contributed by atoms with Crippen molar-refractivity contribution in [2.24, 2.45) is 7.05 Å². The van der Waals surface area contributed by atoms with Crippen LogP contribution in [0.25, 0.3) is 11.3 Å². The maximum Gasteiger partial charge on any atom is 0.282 e. The molecular weight excluding hydrogens is 370 g/mol. The molecule has 2 saturated heterocycles. The second-order valence-corrected chi connectivity index (χ2v) is 8.52. The highest BCUT2D eigenvalue weighted by molar-refractivity contribution is 7.86. The molecule has 0 N–H and O–H groups in total. The smallest absolute Gasteiger partial charge is 0.282 e. The highest BCUT2D eigenvalue weighted by Crippen LogP contribution is 2.26. The molecule has 0 radical (unpaired) electrons. The van der Waals surface area contributed by atoms with Crippen LogP contribution >= 0.6 is 0 Å². The van der Waals surface area contributed by atoms with E-state index >= 15 is 0 Å². The van der Waals surface area contributed by atoms with Gasteiger partial charge in [0.25, 0.3) is 10.2 Å². The van der Waals surface area contributed by atoms with Crippen molar-refractivity contribution < 1.29 is 17.9 Å². The van der Waals surface area contributed by atoms with Crippen LogP contribution in [0.4, 0.5) is 0 Å². The van der Waals surface area contributed by atoms with Crippen molar-refractivity contribution >= 4 is 10.2 Å². The fourth-order valence-electron chi connectivity index (χ4n) is 3.30. The Balaban J connectivity index is 1.53. The third-order valence-corrected chi connectivity index (χ3v) is 6.75. The molecule has 0 aromatic carbocycles. The summed E-state index contributed by atoms with van der Waals surface area (Å²) in [5, 5.41) is 4.17. The average Bonchev–Trinajstić information content (AvgIpc) is 3.15. The summed E-state index contributed by atoms with van der Waals surface area (Å²) in [6.07, 6.45) is 3.25. The Hall–Kier alpha value is -1.85. The summed E-state index contributed by atoms with van der Waals surface area (Å²) in [4.78, 5) is 4.68. The number of morpholine rings is 2. The fourth-order valence-corrected chi connectivity index (χ4v) is 4.87. The van der Waals surface area contributed by atoms with Gasteiger partial charge >= 0.3 is 0 Å². The van der Waals surface area contributed by atoms with E-state index in [1.54, 1.807) is 10.9 Å². The largest absolute Gasteiger partial charge is 0.379 e. The summed E-state index contributed by atoms with van der Waals surface area (Å²) in [5.74, 6) is 0. The molecule has 10 heteroatoms. The Bertz CT molecular complexity index is 894. The minimum atomic E-state index is -3.52. The first-order valence-electron chi connectivity index (χ1n) is 8.94. The van der Waals surface area contributed by atoms with Crippen molar-refractivity contribution in [1.29, 1.82) is 0 Å². The second-order valence-electron chi connectivity index (χ2n) is 6.59. The van der Waals surface area contributed by atoms with E-state index in [4.69, 9.17) is 9.47 Å². The van der Waals surface area contributed by atoms with Crippen LogP contribution in [0.2, 0.25) is 0 Å².